The summed E-state index contributed by atoms with van der Waals surface area (Å²) in [6.07, 6.45) is 0.826. The predicted octanol–water partition coefficient (Wildman–Crippen LogP) is 3.02. The molecule has 0 spiro atoms. The van der Waals surface area contributed by atoms with E-state index in [1.807, 2.05) is 6.92 Å². The van der Waals surface area contributed by atoms with Crippen molar-refractivity contribution in [1.82, 2.24) is 4.90 Å². The number of hydrogen-bond donors (Lipinski definition) is 1. The second-order valence-corrected chi connectivity index (χ2v) is 10.9. The third-order valence-electron chi connectivity index (χ3n) is 6.17. The quantitative estimate of drug-likeness (QED) is 0.316. The van der Waals surface area contributed by atoms with Crippen molar-refractivity contribution in [2.45, 2.75) is 23.0 Å². The number of esters is 1. The highest BCUT2D eigenvalue weighted by atomic mass is 79.9. The fourth-order valence-corrected chi connectivity index (χ4v) is 6.93. The molecule has 4 rings (SSSR count). The molecule has 1 N–H and O–H groups in total. The molecule has 10 heteroatoms. The Morgan fingerprint density at radius 3 is 2.30 bits per heavy atom. The number of fused-ring (bicyclic) bond motifs is 5. The number of nitrogens with one attached hydrogen (secondary N) is 1. The van der Waals surface area contributed by atoms with Gasteiger partial charge in [-0.3, -0.25) is 24.1 Å². The summed E-state index contributed by atoms with van der Waals surface area (Å²) in [5, 5.41) is 2.64. The van der Waals surface area contributed by atoms with Crippen LogP contribution < -0.4 is 5.32 Å². The van der Waals surface area contributed by atoms with Gasteiger partial charge < -0.3 is 10.1 Å². The van der Waals surface area contributed by atoms with Crippen LogP contribution in [0.2, 0.25) is 0 Å². The first-order valence-electron chi connectivity index (χ1n) is 9.54. The lowest BCUT2D eigenvalue weighted by Gasteiger charge is -2.28. The number of likely N-dealkylation sites (tertiary alicyclic amines) is 1. The van der Waals surface area contributed by atoms with Crippen LogP contribution in [0.15, 0.2) is 22.7 Å². The van der Waals surface area contributed by atoms with Crippen LogP contribution in [-0.2, 0) is 23.9 Å². The molecule has 160 valence electrons. The average molecular weight is 607 g/mol. The second-order valence-electron chi connectivity index (χ2n) is 7.94. The van der Waals surface area contributed by atoms with Gasteiger partial charge in [-0.2, -0.15) is 0 Å². The highest BCUT2D eigenvalue weighted by Gasteiger charge is 2.66. The smallest absolute Gasteiger partial charge is 0.326 e. The third-order valence-corrected chi connectivity index (χ3v) is 10.3. The van der Waals surface area contributed by atoms with E-state index in [0.717, 1.165) is 21.4 Å². The Labute approximate surface area is 198 Å². The molecule has 1 saturated heterocycles. The van der Waals surface area contributed by atoms with E-state index in [9.17, 15) is 19.2 Å². The first kappa shape index (κ1) is 22.0. The molecule has 2 saturated carbocycles. The molecule has 2 aliphatic carbocycles. The number of carbonyl (C=O) groups is 4. The van der Waals surface area contributed by atoms with Crippen molar-refractivity contribution in [2.24, 2.45) is 23.7 Å². The minimum absolute atomic E-state index is 0.0852. The SMILES string of the molecule is Cc1cc(NC(=O)COC(=O)CN2C(=O)[C@@H]3[C@H]4C[C@@H]([C@H](Br)[C@H]4Br)[C@@H]3C2=O)ccc1Br. The van der Waals surface area contributed by atoms with Gasteiger partial charge in [-0.05, 0) is 48.9 Å². The second kappa shape index (κ2) is 8.35. The number of carbonyl (C=O) groups excluding carboxylic acids is 4. The molecular weight excluding hydrogens is 588 g/mol. The molecule has 7 nitrogen and oxygen atoms in total. The highest BCUT2D eigenvalue weighted by Crippen LogP contribution is 2.60. The van der Waals surface area contributed by atoms with Crippen LogP contribution in [0.3, 0.4) is 0 Å². The van der Waals surface area contributed by atoms with Crippen LogP contribution in [0.4, 0.5) is 5.69 Å². The number of benzene rings is 1. The van der Waals surface area contributed by atoms with Gasteiger partial charge in [0.1, 0.15) is 6.54 Å². The van der Waals surface area contributed by atoms with Crippen molar-refractivity contribution in [2.75, 3.05) is 18.5 Å². The summed E-state index contributed by atoms with van der Waals surface area (Å²) in [4.78, 5) is 51.1. The monoisotopic (exact) mass is 604 g/mol. The number of rotatable bonds is 5. The molecule has 2 bridgehead atoms. The minimum Gasteiger partial charge on any atom is -0.454 e. The minimum atomic E-state index is -0.781. The van der Waals surface area contributed by atoms with E-state index in [1.165, 1.54) is 0 Å². The van der Waals surface area contributed by atoms with E-state index in [2.05, 4.69) is 53.1 Å². The molecule has 1 aliphatic heterocycles. The van der Waals surface area contributed by atoms with E-state index in [1.54, 1.807) is 18.2 Å². The lowest BCUT2D eigenvalue weighted by atomic mass is 9.81. The molecule has 1 aromatic rings. The van der Waals surface area contributed by atoms with Gasteiger partial charge in [-0.25, -0.2) is 0 Å². The Kier molecular flexibility index (Phi) is 6.11. The van der Waals surface area contributed by atoms with Crippen LogP contribution in [0.5, 0.6) is 0 Å². The normalized spacial score (nSPS) is 31.8. The number of amides is 3. The zero-order valence-corrected chi connectivity index (χ0v) is 20.7. The fourth-order valence-electron chi connectivity index (χ4n) is 4.81. The highest BCUT2D eigenvalue weighted by molar-refractivity contribution is 9.12. The van der Waals surface area contributed by atoms with E-state index in [-0.39, 0.29) is 45.1 Å². The summed E-state index contributed by atoms with van der Waals surface area (Å²) in [6.45, 7) is 0.935. The number of anilines is 1. The van der Waals surface area contributed by atoms with Gasteiger partial charge in [-0.1, -0.05) is 47.8 Å². The number of ether oxygens (including phenoxy) is 1. The van der Waals surface area contributed by atoms with Crippen LogP contribution in [0, 0.1) is 30.6 Å². The van der Waals surface area contributed by atoms with Gasteiger partial charge in [0.25, 0.3) is 5.91 Å². The summed E-state index contributed by atoms with van der Waals surface area (Å²) in [5.74, 6) is -2.49. The van der Waals surface area contributed by atoms with Crippen LogP contribution in [0.25, 0.3) is 0 Å². The maximum absolute atomic E-state index is 12.8. The standard InChI is InChI=1S/C20H19Br3N2O5/c1-8-4-9(2-3-12(8)21)24-13(26)7-30-14(27)6-25-19(28)15-10-5-11(16(15)20(25)29)18(23)17(10)22/h2-4,10-11,15-18H,5-7H2,1H3,(H,24,26)/t10-,11-,15-,16+,17+,18+/m1/s1. The summed E-state index contributed by atoms with van der Waals surface area (Å²) < 4.78 is 5.92. The van der Waals surface area contributed by atoms with Crippen molar-refractivity contribution in [1.29, 1.82) is 0 Å². The zero-order valence-electron chi connectivity index (χ0n) is 15.9. The Balaban J connectivity index is 1.31. The van der Waals surface area contributed by atoms with Crippen molar-refractivity contribution in [3.8, 4) is 0 Å². The van der Waals surface area contributed by atoms with Gasteiger partial charge in [0.15, 0.2) is 6.61 Å². The summed E-state index contributed by atoms with van der Waals surface area (Å²) in [6, 6.07) is 5.31. The lowest BCUT2D eigenvalue weighted by molar-refractivity contribution is -0.154. The first-order valence-corrected chi connectivity index (χ1v) is 12.2. The van der Waals surface area contributed by atoms with Crippen LogP contribution >= 0.6 is 47.8 Å². The van der Waals surface area contributed by atoms with E-state index < -0.39 is 25.0 Å². The maximum Gasteiger partial charge on any atom is 0.326 e. The third kappa shape index (κ3) is 3.75. The van der Waals surface area contributed by atoms with Crippen LogP contribution in [-0.4, -0.2) is 51.4 Å². The zero-order chi connectivity index (χ0) is 21.7. The molecular formula is C20H19Br3N2O5. The lowest BCUT2D eigenvalue weighted by Crippen LogP contribution is -2.38. The number of hydrogen-bond acceptors (Lipinski definition) is 5. The Hall–Kier alpha value is -1.26. The molecule has 0 radical (unpaired) electrons. The van der Waals surface area contributed by atoms with Gasteiger partial charge in [0.2, 0.25) is 11.8 Å². The van der Waals surface area contributed by atoms with E-state index in [0.29, 0.717) is 5.69 Å². The number of aryl methyl sites for hydroxylation is 1. The Bertz CT molecular complexity index is 907. The van der Waals surface area contributed by atoms with Gasteiger partial charge in [-0.15, -0.1) is 0 Å². The number of nitrogens with zero attached hydrogens (tertiary/aromatic N) is 1. The molecule has 3 amide bonds. The summed E-state index contributed by atoms with van der Waals surface area (Å²) in [7, 11) is 0. The molecule has 0 unspecified atom stereocenters. The largest absolute Gasteiger partial charge is 0.454 e. The van der Waals surface area contributed by atoms with Crippen molar-refractivity contribution in [3.05, 3.63) is 28.2 Å². The van der Waals surface area contributed by atoms with E-state index >= 15 is 0 Å². The molecule has 3 fully saturated rings. The Morgan fingerprint density at radius 1 is 1.13 bits per heavy atom. The first-order chi connectivity index (χ1) is 14.2. The maximum atomic E-state index is 12.8. The van der Waals surface area contributed by atoms with Gasteiger partial charge in [0, 0.05) is 19.8 Å². The number of alkyl halides is 2. The summed E-state index contributed by atoms with van der Waals surface area (Å²) in [5.41, 5.74) is 1.53. The fraction of sp³-hybridized carbons (Fsp3) is 0.500. The van der Waals surface area contributed by atoms with Crippen molar-refractivity contribution >= 4 is 77.2 Å². The topological polar surface area (TPSA) is 92.8 Å². The Morgan fingerprint density at radius 2 is 1.73 bits per heavy atom. The van der Waals surface area contributed by atoms with E-state index in [4.69, 9.17) is 4.74 Å². The molecule has 30 heavy (non-hydrogen) atoms. The molecule has 1 aromatic carbocycles. The predicted molar refractivity (Wildman–Crippen MR) is 119 cm³/mol. The molecule has 0 aromatic heterocycles. The van der Waals surface area contributed by atoms with Gasteiger partial charge in [0.05, 0.1) is 11.8 Å². The molecule has 3 aliphatic rings. The van der Waals surface area contributed by atoms with Crippen molar-refractivity contribution < 1.29 is 23.9 Å². The number of imide groups is 1. The molecule has 6 atom stereocenters. The average Bonchev–Trinajstić information content (AvgIpc) is 3.30. The van der Waals surface area contributed by atoms with Crippen LogP contribution in [0.1, 0.15) is 12.0 Å². The van der Waals surface area contributed by atoms with Crippen molar-refractivity contribution in [3.63, 3.8) is 0 Å². The van der Waals surface area contributed by atoms with Gasteiger partial charge >= 0.3 is 5.97 Å². The number of halogens is 3. The summed E-state index contributed by atoms with van der Waals surface area (Å²) >= 11 is 10.6. The molecule has 1 heterocycles.